The van der Waals surface area contributed by atoms with Gasteiger partial charge in [-0.3, -0.25) is 13.9 Å². The van der Waals surface area contributed by atoms with Crippen molar-refractivity contribution in [1.29, 1.82) is 0 Å². The molecule has 198 valence electrons. The molecule has 0 fully saturated rings. The smallest absolute Gasteiger partial charge is 0.244 e. The predicted molar refractivity (Wildman–Crippen MR) is 144 cm³/mol. The lowest BCUT2D eigenvalue weighted by molar-refractivity contribution is -0.140. The summed E-state index contributed by atoms with van der Waals surface area (Å²) in [5, 5.41) is 3.29. The Morgan fingerprint density at radius 1 is 1.11 bits per heavy atom. The van der Waals surface area contributed by atoms with Crippen LogP contribution in [-0.4, -0.2) is 57.6 Å². The average Bonchev–Trinajstić information content (AvgIpc) is 2.82. The molecule has 2 amide bonds. The van der Waals surface area contributed by atoms with Gasteiger partial charge in [-0.05, 0) is 54.7 Å². The fourth-order valence-electron chi connectivity index (χ4n) is 3.62. The third kappa shape index (κ3) is 8.13. The van der Waals surface area contributed by atoms with Crippen molar-refractivity contribution in [1.82, 2.24) is 10.2 Å². The Balaban J connectivity index is 2.43. The van der Waals surface area contributed by atoms with Crippen LogP contribution in [-0.2, 0) is 26.2 Å². The minimum Gasteiger partial charge on any atom is -0.497 e. The Morgan fingerprint density at radius 2 is 1.75 bits per heavy atom. The van der Waals surface area contributed by atoms with Gasteiger partial charge in [0.15, 0.2) is 0 Å². The summed E-state index contributed by atoms with van der Waals surface area (Å²) < 4.78 is 31.6. The number of aryl methyl sites for hydroxylation is 1. The molecule has 0 radical (unpaired) electrons. The van der Waals surface area contributed by atoms with Gasteiger partial charge in [-0.25, -0.2) is 8.42 Å². The van der Waals surface area contributed by atoms with Gasteiger partial charge in [-0.2, -0.15) is 0 Å². The number of amides is 2. The largest absolute Gasteiger partial charge is 0.497 e. The Bertz CT molecular complexity index is 1150. The van der Waals surface area contributed by atoms with Crippen LogP contribution in [0.1, 0.15) is 38.3 Å². The van der Waals surface area contributed by atoms with Gasteiger partial charge in [0.05, 0.1) is 19.1 Å². The van der Waals surface area contributed by atoms with Crippen molar-refractivity contribution < 1.29 is 22.7 Å². The fourth-order valence-corrected chi connectivity index (χ4v) is 4.64. The molecule has 1 unspecified atom stereocenters. The molecule has 1 atom stereocenters. The van der Waals surface area contributed by atoms with E-state index in [0.717, 1.165) is 21.7 Å². The molecule has 0 saturated heterocycles. The number of carbonyl (C=O) groups excluding carboxylic acids is 2. The maximum absolute atomic E-state index is 13.7. The topological polar surface area (TPSA) is 96.0 Å². The SMILES string of the molecule is CCC(C(=O)NCC(C)C)N(Cc1ccc(OC)cc1)C(=O)CN(c1ccc(C)c(Cl)c1)S(C)(=O)=O. The van der Waals surface area contributed by atoms with E-state index in [1.165, 1.54) is 11.0 Å². The molecule has 2 aromatic rings. The molecule has 0 spiro atoms. The number of hydrogen-bond acceptors (Lipinski definition) is 5. The van der Waals surface area contributed by atoms with Crippen molar-refractivity contribution in [2.45, 2.75) is 46.7 Å². The van der Waals surface area contributed by atoms with Crippen molar-refractivity contribution in [3.63, 3.8) is 0 Å². The van der Waals surface area contributed by atoms with E-state index in [1.54, 1.807) is 38.3 Å². The van der Waals surface area contributed by atoms with E-state index < -0.39 is 28.5 Å². The van der Waals surface area contributed by atoms with Crippen LogP contribution in [0.3, 0.4) is 0 Å². The second-order valence-corrected chi connectivity index (χ2v) is 11.4. The summed E-state index contributed by atoms with van der Waals surface area (Å²) in [5.41, 5.74) is 1.85. The average molecular weight is 538 g/mol. The van der Waals surface area contributed by atoms with Gasteiger partial charge in [0.2, 0.25) is 21.8 Å². The van der Waals surface area contributed by atoms with Crippen molar-refractivity contribution in [2.75, 3.05) is 30.8 Å². The van der Waals surface area contributed by atoms with Crippen LogP contribution in [0.2, 0.25) is 5.02 Å². The number of halogens is 1. The van der Waals surface area contributed by atoms with Crippen molar-refractivity contribution in [2.24, 2.45) is 5.92 Å². The summed E-state index contributed by atoms with van der Waals surface area (Å²) in [6.45, 7) is 7.72. The number of benzene rings is 2. The highest BCUT2D eigenvalue weighted by atomic mass is 35.5. The Labute approximate surface area is 219 Å². The number of methoxy groups -OCH3 is 1. The highest BCUT2D eigenvalue weighted by molar-refractivity contribution is 7.92. The lowest BCUT2D eigenvalue weighted by Gasteiger charge is -2.33. The molecule has 2 aromatic carbocycles. The molecule has 0 aromatic heterocycles. The predicted octanol–water partition coefficient (Wildman–Crippen LogP) is 4.00. The Hall–Kier alpha value is -2.78. The molecule has 0 aliphatic rings. The van der Waals surface area contributed by atoms with E-state index in [1.807, 2.05) is 32.9 Å². The minimum atomic E-state index is -3.82. The van der Waals surface area contributed by atoms with Crippen LogP contribution in [0.5, 0.6) is 5.75 Å². The highest BCUT2D eigenvalue weighted by Crippen LogP contribution is 2.25. The molecule has 0 heterocycles. The summed E-state index contributed by atoms with van der Waals surface area (Å²) in [4.78, 5) is 28.2. The molecule has 36 heavy (non-hydrogen) atoms. The van der Waals surface area contributed by atoms with Crippen LogP contribution < -0.4 is 14.4 Å². The number of nitrogens with zero attached hydrogens (tertiary/aromatic N) is 2. The molecular weight excluding hydrogens is 502 g/mol. The van der Waals surface area contributed by atoms with Crippen molar-refractivity contribution >= 4 is 39.1 Å². The first-order valence-electron chi connectivity index (χ1n) is 11.8. The zero-order valence-corrected chi connectivity index (χ0v) is 23.3. The van der Waals surface area contributed by atoms with E-state index in [4.69, 9.17) is 16.3 Å². The number of rotatable bonds is 12. The number of carbonyl (C=O) groups is 2. The number of ether oxygens (including phenoxy) is 1. The summed E-state index contributed by atoms with van der Waals surface area (Å²) in [6.07, 6.45) is 1.40. The van der Waals surface area contributed by atoms with Crippen LogP contribution >= 0.6 is 11.6 Å². The summed E-state index contributed by atoms with van der Waals surface area (Å²) in [6, 6.07) is 11.2. The van der Waals surface area contributed by atoms with Crippen LogP contribution in [0.4, 0.5) is 5.69 Å². The van der Waals surface area contributed by atoms with E-state index in [2.05, 4.69) is 5.32 Å². The van der Waals surface area contributed by atoms with E-state index in [9.17, 15) is 18.0 Å². The number of anilines is 1. The Morgan fingerprint density at radius 3 is 2.25 bits per heavy atom. The first kappa shape index (κ1) is 29.5. The minimum absolute atomic E-state index is 0.128. The molecule has 10 heteroatoms. The number of hydrogen-bond donors (Lipinski definition) is 1. The van der Waals surface area contributed by atoms with Gasteiger partial charge in [0, 0.05) is 18.1 Å². The number of sulfonamides is 1. The van der Waals surface area contributed by atoms with Crippen LogP contribution in [0.25, 0.3) is 0 Å². The van der Waals surface area contributed by atoms with Crippen molar-refractivity contribution in [3.05, 3.63) is 58.6 Å². The zero-order chi connectivity index (χ0) is 27.0. The third-order valence-corrected chi connectivity index (χ3v) is 7.25. The monoisotopic (exact) mass is 537 g/mol. The second kappa shape index (κ2) is 13.0. The van der Waals surface area contributed by atoms with E-state index in [0.29, 0.717) is 23.7 Å². The van der Waals surface area contributed by atoms with Gasteiger partial charge < -0.3 is 15.0 Å². The molecule has 1 N–H and O–H groups in total. The first-order valence-corrected chi connectivity index (χ1v) is 14.0. The van der Waals surface area contributed by atoms with Crippen LogP contribution in [0.15, 0.2) is 42.5 Å². The van der Waals surface area contributed by atoms with Gasteiger partial charge in [-0.1, -0.05) is 50.6 Å². The second-order valence-electron chi connectivity index (χ2n) is 9.14. The molecule has 8 nitrogen and oxygen atoms in total. The zero-order valence-electron chi connectivity index (χ0n) is 21.7. The van der Waals surface area contributed by atoms with Crippen LogP contribution in [0, 0.1) is 12.8 Å². The van der Waals surface area contributed by atoms with Gasteiger partial charge in [0.25, 0.3) is 0 Å². The number of nitrogens with one attached hydrogen (secondary N) is 1. The van der Waals surface area contributed by atoms with Gasteiger partial charge in [0.1, 0.15) is 18.3 Å². The molecule has 0 bridgehead atoms. The fraction of sp³-hybridized carbons (Fsp3) is 0.462. The summed E-state index contributed by atoms with van der Waals surface area (Å²) in [7, 11) is -2.26. The Kier molecular flexibility index (Phi) is 10.6. The maximum atomic E-state index is 13.7. The third-order valence-electron chi connectivity index (χ3n) is 5.71. The summed E-state index contributed by atoms with van der Waals surface area (Å²) in [5.74, 6) is 0.124. The maximum Gasteiger partial charge on any atom is 0.244 e. The standard InChI is InChI=1S/C26H36ClN3O5S/c1-7-24(26(32)28-15-18(2)3)29(16-20-9-12-22(35-5)13-10-20)25(31)17-30(36(6,33)34)21-11-8-19(4)23(27)14-21/h8-14,18,24H,7,15-17H2,1-6H3,(H,28,32). The first-order chi connectivity index (χ1) is 16.9. The molecule has 0 aliphatic heterocycles. The van der Waals surface area contributed by atoms with Crippen molar-refractivity contribution in [3.8, 4) is 5.75 Å². The van der Waals surface area contributed by atoms with Gasteiger partial charge >= 0.3 is 0 Å². The quantitative estimate of drug-likeness (QED) is 0.441. The molecule has 2 rings (SSSR count). The van der Waals surface area contributed by atoms with E-state index in [-0.39, 0.29) is 24.1 Å². The summed E-state index contributed by atoms with van der Waals surface area (Å²) >= 11 is 6.23. The normalized spacial score (nSPS) is 12.2. The van der Waals surface area contributed by atoms with Gasteiger partial charge in [-0.15, -0.1) is 0 Å². The molecule has 0 aliphatic carbocycles. The lowest BCUT2D eigenvalue weighted by Crippen LogP contribution is -2.52. The molecule has 0 saturated carbocycles. The lowest BCUT2D eigenvalue weighted by atomic mass is 10.1. The molecular formula is C26H36ClN3O5S. The highest BCUT2D eigenvalue weighted by Gasteiger charge is 2.31. The van der Waals surface area contributed by atoms with E-state index >= 15 is 0 Å².